The number of amides is 1. The van der Waals surface area contributed by atoms with Gasteiger partial charge >= 0.3 is 5.97 Å². The van der Waals surface area contributed by atoms with Gasteiger partial charge in [0.05, 0.1) is 12.5 Å². The molecule has 1 rings (SSSR count). The fraction of sp³-hybridized carbons (Fsp3) is 0.286. The Bertz CT molecular complexity index is 474. The number of rotatable bonds is 7. The van der Waals surface area contributed by atoms with Gasteiger partial charge in [-0.25, -0.2) is 0 Å². The molecule has 0 radical (unpaired) electrons. The second-order valence-electron chi connectivity index (χ2n) is 4.10. The maximum Gasteiger partial charge on any atom is 0.305 e. The molecule has 19 heavy (non-hydrogen) atoms. The summed E-state index contributed by atoms with van der Waals surface area (Å²) in [5, 5.41) is 11.7. The van der Waals surface area contributed by atoms with Crippen LogP contribution in [0.5, 0.6) is 0 Å². The zero-order chi connectivity index (χ0) is 14.3. The Morgan fingerprint density at radius 1 is 1.47 bits per heavy atom. The molecule has 1 aromatic rings. The SMILES string of the molecule is C=CCCC(=O)N[C@@H](CC(=O)O)c1cccc(Br)c1. The highest BCUT2D eigenvalue weighted by atomic mass is 79.9. The third-order valence-corrected chi connectivity index (χ3v) is 3.03. The number of carboxylic acids is 1. The molecule has 1 amide bonds. The summed E-state index contributed by atoms with van der Waals surface area (Å²) >= 11 is 3.33. The highest BCUT2D eigenvalue weighted by molar-refractivity contribution is 9.10. The van der Waals surface area contributed by atoms with E-state index in [4.69, 9.17) is 5.11 Å². The van der Waals surface area contributed by atoms with Crippen LogP contribution in [0.2, 0.25) is 0 Å². The number of allylic oxidation sites excluding steroid dienone is 1. The van der Waals surface area contributed by atoms with Gasteiger partial charge in [0.1, 0.15) is 0 Å². The highest BCUT2D eigenvalue weighted by Crippen LogP contribution is 2.21. The molecular formula is C14H16BrNO3. The van der Waals surface area contributed by atoms with Crippen molar-refractivity contribution in [3.63, 3.8) is 0 Å². The minimum absolute atomic E-state index is 0.143. The number of carbonyl (C=O) groups excluding carboxylic acids is 1. The van der Waals surface area contributed by atoms with Gasteiger partial charge in [-0.05, 0) is 24.1 Å². The van der Waals surface area contributed by atoms with E-state index in [0.29, 0.717) is 12.8 Å². The van der Waals surface area contributed by atoms with E-state index in [1.165, 1.54) is 0 Å². The van der Waals surface area contributed by atoms with Gasteiger partial charge in [0.2, 0.25) is 5.91 Å². The molecule has 5 heteroatoms. The van der Waals surface area contributed by atoms with Crippen LogP contribution >= 0.6 is 15.9 Å². The molecular weight excluding hydrogens is 310 g/mol. The minimum atomic E-state index is -0.950. The summed E-state index contributed by atoms with van der Waals surface area (Å²) < 4.78 is 0.848. The fourth-order valence-corrected chi connectivity index (χ4v) is 2.07. The van der Waals surface area contributed by atoms with E-state index < -0.39 is 12.0 Å². The number of hydrogen-bond donors (Lipinski definition) is 2. The smallest absolute Gasteiger partial charge is 0.305 e. The summed E-state index contributed by atoms with van der Waals surface area (Å²) in [4.78, 5) is 22.6. The highest BCUT2D eigenvalue weighted by Gasteiger charge is 2.17. The largest absolute Gasteiger partial charge is 0.481 e. The normalized spacial score (nSPS) is 11.6. The van der Waals surface area contributed by atoms with Crippen molar-refractivity contribution in [3.8, 4) is 0 Å². The van der Waals surface area contributed by atoms with Crippen molar-refractivity contribution in [2.45, 2.75) is 25.3 Å². The third kappa shape index (κ3) is 5.70. The van der Waals surface area contributed by atoms with Crippen LogP contribution in [-0.4, -0.2) is 17.0 Å². The topological polar surface area (TPSA) is 66.4 Å². The Kier molecular flexibility index (Phi) is 6.29. The zero-order valence-corrected chi connectivity index (χ0v) is 12.0. The second-order valence-corrected chi connectivity index (χ2v) is 5.02. The second kappa shape index (κ2) is 7.74. The lowest BCUT2D eigenvalue weighted by Crippen LogP contribution is -2.29. The van der Waals surface area contributed by atoms with Gasteiger partial charge in [-0.15, -0.1) is 6.58 Å². The Labute approximate surface area is 120 Å². The lowest BCUT2D eigenvalue weighted by atomic mass is 10.0. The molecule has 0 aliphatic heterocycles. The average molecular weight is 326 g/mol. The molecule has 0 aliphatic rings. The van der Waals surface area contributed by atoms with Crippen LogP contribution in [0.25, 0.3) is 0 Å². The van der Waals surface area contributed by atoms with Crippen LogP contribution < -0.4 is 5.32 Å². The predicted octanol–water partition coefficient (Wildman–Crippen LogP) is 3.05. The molecule has 0 aliphatic carbocycles. The van der Waals surface area contributed by atoms with Crippen LogP contribution in [0.4, 0.5) is 0 Å². The van der Waals surface area contributed by atoms with E-state index in [2.05, 4.69) is 27.8 Å². The first kappa shape index (κ1) is 15.4. The minimum Gasteiger partial charge on any atom is -0.481 e. The van der Waals surface area contributed by atoms with Crippen LogP contribution in [0.3, 0.4) is 0 Å². The summed E-state index contributed by atoms with van der Waals surface area (Å²) in [6.07, 6.45) is 2.40. The van der Waals surface area contributed by atoms with Gasteiger partial charge in [0.15, 0.2) is 0 Å². The van der Waals surface area contributed by atoms with Crippen molar-refractivity contribution < 1.29 is 14.7 Å². The van der Waals surface area contributed by atoms with E-state index in [-0.39, 0.29) is 12.3 Å². The summed E-state index contributed by atoms with van der Waals surface area (Å²) in [6, 6.07) is 6.74. The number of carbonyl (C=O) groups is 2. The van der Waals surface area contributed by atoms with Crippen molar-refractivity contribution >= 4 is 27.8 Å². The maximum atomic E-state index is 11.7. The molecule has 0 saturated heterocycles. The van der Waals surface area contributed by atoms with E-state index in [0.717, 1.165) is 10.0 Å². The van der Waals surface area contributed by atoms with E-state index in [9.17, 15) is 9.59 Å². The van der Waals surface area contributed by atoms with Gasteiger partial charge in [-0.3, -0.25) is 9.59 Å². The first-order valence-electron chi connectivity index (χ1n) is 5.90. The lowest BCUT2D eigenvalue weighted by molar-refractivity contribution is -0.137. The first-order chi connectivity index (χ1) is 9.02. The average Bonchev–Trinajstić information content (AvgIpc) is 2.35. The lowest BCUT2D eigenvalue weighted by Gasteiger charge is -2.17. The standard InChI is InChI=1S/C14H16BrNO3/c1-2-3-7-13(17)16-12(9-14(18)19)10-5-4-6-11(15)8-10/h2,4-6,8,12H,1,3,7,9H2,(H,16,17)(H,18,19)/t12-/m0/s1. The van der Waals surface area contributed by atoms with Gasteiger partial charge in [0.25, 0.3) is 0 Å². The molecule has 1 aromatic carbocycles. The predicted molar refractivity (Wildman–Crippen MR) is 76.7 cm³/mol. The number of carboxylic acid groups (broad SMARTS) is 1. The van der Waals surface area contributed by atoms with E-state index in [1.54, 1.807) is 18.2 Å². The molecule has 0 bridgehead atoms. The Hall–Kier alpha value is -1.62. The van der Waals surface area contributed by atoms with Crippen molar-refractivity contribution in [1.29, 1.82) is 0 Å². The molecule has 2 N–H and O–H groups in total. The number of hydrogen-bond acceptors (Lipinski definition) is 2. The van der Waals surface area contributed by atoms with Crippen LogP contribution in [0.1, 0.15) is 30.9 Å². The van der Waals surface area contributed by atoms with Crippen LogP contribution in [0.15, 0.2) is 41.4 Å². The number of aliphatic carboxylic acids is 1. The van der Waals surface area contributed by atoms with Crippen molar-refractivity contribution in [1.82, 2.24) is 5.32 Å². The van der Waals surface area contributed by atoms with Crippen molar-refractivity contribution in [2.75, 3.05) is 0 Å². The Balaban J connectivity index is 2.79. The van der Waals surface area contributed by atoms with Gasteiger partial charge in [-0.2, -0.15) is 0 Å². The monoisotopic (exact) mass is 325 g/mol. The fourth-order valence-electron chi connectivity index (χ4n) is 1.65. The molecule has 0 aromatic heterocycles. The third-order valence-electron chi connectivity index (χ3n) is 2.54. The van der Waals surface area contributed by atoms with E-state index >= 15 is 0 Å². The molecule has 102 valence electrons. The first-order valence-corrected chi connectivity index (χ1v) is 6.69. The molecule has 0 unspecified atom stereocenters. The molecule has 4 nitrogen and oxygen atoms in total. The summed E-state index contributed by atoms with van der Waals surface area (Å²) in [5.74, 6) is -1.12. The quantitative estimate of drug-likeness (QED) is 0.757. The van der Waals surface area contributed by atoms with E-state index in [1.807, 2.05) is 12.1 Å². The number of nitrogens with one attached hydrogen (secondary N) is 1. The molecule has 0 heterocycles. The van der Waals surface area contributed by atoms with Gasteiger partial charge in [-0.1, -0.05) is 34.1 Å². The molecule has 0 spiro atoms. The van der Waals surface area contributed by atoms with Crippen molar-refractivity contribution in [2.24, 2.45) is 0 Å². The zero-order valence-electron chi connectivity index (χ0n) is 10.4. The summed E-state index contributed by atoms with van der Waals surface area (Å²) in [6.45, 7) is 3.55. The van der Waals surface area contributed by atoms with Crippen LogP contribution in [-0.2, 0) is 9.59 Å². The van der Waals surface area contributed by atoms with Crippen LogP contribution in [0, 0.1) is 0 Å². The molecule has 0 saturated carbocycles. The summed E-state index contributed by atoms with van der Waals surface area (Å²) in [7, 11) is 0. The molecule has 0 fully saturated rings. The van der Waals surface area contributed by atoms with Crippen molar-refractivity contribution in [3.05, 3.63) is 47.0 Å². The molecule has 1 atom stereocenters. The van der Waals surface area contributed by atoms with Gasteiger partial charge in [0, 0.05) is 10.9 Å². The Morgan fingerprint density at radius 2 is 2.21 bits per heavy atom. The maximum absolute atomic E-state index is 11.7. The summed E-state index contributed by atoms with van der Waals surface area (Å²) in [5.41, 5.74) is 0.767. The van der Waals surface area contributed by atoms with Gasteiger partial charge < -0.3 is 10.4 Å². The number of benzene rings is 1. The Morgan fingerprint density at radius 3 is 2.79 bits per heavy atom. The number of halogens is 1.